The number of rotatable bonds is 5. The Morgan fingerprint density at radius 3 is 2.53 bits per heavy atom. The number of hydrogen-bond acceptors (Lipinski definition) is 3. The van der Waals surface area contributed by atoms with E-state index >= 15 is 0 Å². The number of hydrogen-bond donors (Lipinski definition) is 1. The largest absolute Gasteiger partial charge is 0.306 e. The molecule has 0 fully saturated rings. The molecule has 3 heteroatoms. The van der Waals surface area contributed by atoms with Crippen LogP contribution >= 0.6 is 22.7 Å². The van der Waals surface area contributed by atoms with Gasteiger partial charge in [-0.25, -0.2) is 0 Å². The van der Waals surface area contributed by atoms with Gasteiger partial charge in [0.25, 0.3) is 0 Å². The summed E-state index contributed by atoms with van der Waals surface area (Å²) >= 11 is 3.71. The Hall–Kier alpha value is -0.640. The van der Waals surface area contributed by atoms with E-state index in [0.29, 0.717) is 6.04 Å². The second-order valence-electron chi connectivity index (χ2n) is 5.90. The van der Waals surface area contributed by atoms with Gasteiger partial charge in [0.05, 0.1) is 6.04 Å². The molecule has 1 atom stereocenters. The quantitative estimate of drug-likeness (QED) is 0.799. The average Bonchev–Trinajstić information content (AvgIpc) is 2.99. The lowest BCUT2D eigenvalue weighted by molar-refractivity contribution is 0.603. The molecule has 2 heterocycles. The van der Waals surface area contributed by atoms with Crippen LogP contribution in [-0.4, -0.2) is 6.54 Å². The summed E-state index contributed by atoms with van der Waals surface area (Å²) in [7, 11) is 0. The van der Waals surface area contributed by atoms with E-state index in [4.69, 9.17) is 0 Å². The topological polar surface area (TPSA) is 12.0 Å². The average molecular weight is 294 g/mol. The predicted octanol–water partition coefficient (Wildman–Crippen LogP) is 5.20. The molecule has 0 aliphatic carbocycles. The third-order valence-electron chi connectivity index (χ3n) is 3.13. The number of nitrogens with one attached hydrogen (secondary N) is 1. The van der Waals surface area contributed by atoms with Crippen LogP contribution in [0.3, 0.4) is 0 Å². The van der Waals surface area contributed by atoms with Crippen LogP contribution in [0.2, 0.25) is 0 Å². The normalized spacial score (nSPS) is 13.7. The molecule has 0 aliphatic heterocycles. The third kappa shape index (κ3) is 3.68. The molecule has 0 amide bonds. The molecule has 2 aromatic rings. The highest BCUT2D eigenvalue weighted by atomic mass is 32.1. The summed E-state index contributed by atoms with van der Waals surface area (Å²) < 4.78 is 0. The lowest BCUT2D eigenvalue weighted by atomic mass is 9.95. The van der Waals surface area contributed by atoms with Gasteiger partial charge in [-0.05, 0) is 52.9 Å². The fraction of sp³-hybridized carbons (Fsp3) is 0.500. The van der Waals surface area contributed by atoms with Crippen molar-refractivity contribution in [3.63, 3.8) is 0 Å². The molecular weight excluding hydrogens is 270 g/mol. The summed E-state index contributed by atoms with van der Waals surface area (Å²) in [6, 6.07) is 7.16. The highest BCUT2D eigenvalue weighted by Gasteiger charge is 2.20. The first-order chi connectivity index (χ1) is 9.02. The van der Waals surface area contributed by atoms with E-state index in [-0.39, 0.29) is 5.41 Å². The van der Waals surface area contributed by atoms with E-state index < -0.39 is 0 Å². The van der Waals surface area contributed by atoms with Gasteiger partial charge in [-0.15, -0.1) is 11.3 Å². The molecule has 0 saturated heterocycles. The predicted molar refractivity (Wildman–Crippen MR) is 87.5 cm³/mol. The summed E-state index contributed by atoms with van der Waals surface area (Å²) in [5.41, 5.74) is 1.63. The van der Waals surface area contributed by atoms with E-state index in [0.717, 1.165) is 13.0 Å². The van der Waals surface area contributed by atoms with Crippen LogP contribution in [0.25, 0.3) is 0 Å². The molecule has 19 heavy (non-hydrogen) atoms. The zero-order valence-corrected chi connectivity index (χ0v) is 13.8. The van der Waals surface area contributed by atoms with Crippen LogP contribution in [0, 0.1) is 0 Å². The summed E-state index contributed by atoms with van der Waals surface area (Å²) in [4.78, 5) is 2.89. The van der Waals surface area contributed by atoms with Crippen molar-refractivity contribution in [2.24, 2.45) is 0 Å². The molecule has 0 spiro atoms. The maximum Gasteiger partial charge on any atom is 0.0679 e. The molecule has 1 N–H and O–H groups in total. The van der Waals surface area contributed by atoms with Crippen LogP contribution in [0.1, 0.15) is 55.5 Å². The van der Waals surface area contributed by atoms with Gasteiger partial charge < -0.3 is 5.32 Å². The van der Waals surface area contributed by atoms with Gasteiger partial charge in [-0.1, -0.05) is 27.7 Å². The second kappa shape index (κ2) is 6.21. The Kier molecular flexibility index (Phi) is 4.82. The molecule has 1 unspecified atom stereocenters. The van der Waals surface area contributed by atoms with Gasteiger partial charge in [0.2, 0.25) is 0 Å². The van der Waals surface area contributed by atoms with Crippen molar-refractivity contribution in [1.82, 2.24) is 5.32 Å². The van der Waals surface area contributed by atoms with Crippen molar-refractivity contribution in [3.8, 4) is 0 Å². The Morgan fingerprint density at radius 1 is 1.21 bits per heavy atom. The molecular formula is C16H23NS2. The maximum atomic E-state index is 3.67. The lowest BCUT2D eigenvalue weighted by Gasteiger charge is -2.18. The minimum absolute atomic E-state index is 0.243. The molecule has 0 bridgehead atoms. The fourth-order valence-corrected chi connectivity index (χ4v) is 3.88. The Bertz CT molecular complexity index is 491. The summed E-state index contributed by atoms with van der Waals surface area (Å²) in [6.45, 7) is 10.1. The fourth-order valence-electron chi connectivity index (χ4n) is 2.02. The monoisotopic (exact) mass is 293 g/mol. The molecule has 2 rings (SSSR count). The number of thiophene rings is 2. The van der Waals surface area contributed by atoms with Crippen LogP contribution < -0.4 is 5.32 Å². The van der Waals surface area contributed by atoms with E-state index in [1.54, 1.807) is 11.3 Å². The first kappa shape index (κ1) is 14.8. The van der Waals surface area contributed by atoms with Crippen molar-refractivity contribution in [3.05, 3.63) is 44.3 Å². The van der Waals surface area contributed by atoms with E-state index in [1.807, 2.05) is 11.3 Å². The van der Waals surface area contributed by atoms with Crippen LogP contribution in [0.4, 0.5) is 0 Å². The summed E-state index contributed by atoms with van der Waals surface area (Å²) in [5, 5.41) is 8.08. The summed E-state index contributed by atoms with van der Waals surface area (Å²) in [6.07, 6.45) is 1.16. The maximum absolute atomic E-state index is 3.67. The molecule has 0 radical (unpaired) electrons. The first-order valence-electron chi connectivity index (χ1n) is 6.88. The van der Waals surface area contributed by atoms with Crippen molar-refractivity contribution in [2.75, 3.05) is 6.54 Å². The SMILES string of the molecule is CCCNC(c1ccsc1)c1ccc(C(C)(C)C)s1. The Balaban J connectivity index is 2.26. The molecule has 2 aromatic heterocycles. The van der Waals surface area contributed by atoms with E-state index in [9.17, 15) is 0 Å². The Labute approximate surface area is 124 Å². The van der Waals surface area contributed by atoms with Gasteiger partial charge in [0.15, 0.2) is 0 Å². The van der Waals surface area contributed by atoms with Crippen LogP contribution in [-0.2, 0) is 5.41 Å². The second-order valence-corrected chi connectivity index (χ2v) is 7.79. The van der Waals surface area contributed by atoms with Crippen molar-refractivity contribution < 1.29 is 0 Å². The van der Waals surface area contributed by atoms with Crippen LogP contribution in [0.15, 0.2) is 29.0 Å². The minimum atomic E-state index is 0.243. The van der Waals surface area contributed by atoms with E-state index in [1.165, 1.54) is 15.3 Å². The molecule has 0 saturated carbocycles. The molecule has 104 valence electrons. The Morgan fingerprint density at radius 2 is 2.00 bits per heavy atom. The smallest absolute Gasteiger partial charge is 0.0679 e. The molecule has 0 aromatic carbocycles. The third-order valence-corrected chi connectivity index (χ3v) is 5.40. The van der Waals surface area contributed by atoms with Gasteiger partial charge >= 0.3 is 0 Å². The minimum Gasteiger partial charge on any atom is -0.306 e. The van der Waals surface area contributed by atoms with Gasteiger partial charge in [0.1, 0.15) is 0 Å². The highest BCUT2D eigenvalue weighted by Crippen LogP contribution is 2.35. The van der Waals surface area contributed by atoms with Gasteiger partial charge in [0, 0.05) is 9.75 Å². The van der Waals surface area contributed by atoms with Crippen molar-refractivity contribution in [2.45, 2.75) is 45.6 Å². The lowest BCUT2D eigenvalue weighted by Crippen LogP contribution is -2.21. The standard InChI is InChI=1S/C16H23NS2/c1-5-9-17-15(12-8-10-18-11-12)13-6-7-14(19-13)16(2,3)4/h6-8,10-11,15,17H,5,9H2,1-4H3. The van der Waals surface area contributed by atoms with Crippen molar-refractivity contribution >= 4 is 22.7 Å². The van der Waals surface area contributed by atoms with E-state index in [2.05, 4.69) is 62.0 Å². The molecule has 0 aliphatic rings. The highest BCUT2D eigenvalue weighted by molar-refractivity contribution is 7.12. The van der Waals surface area contributed by atoms with Crippen molar-refractivity contribution in [1.29, 1.82) is 0 Å². The molecule has 1 nitrogen and oxygen atoms in total. The van der Waals surface area contributed by atoms with Crippen LogP contribution in [0.5, 0.6) is 0 Å². The van der Waals surface area contributed by atoms with Gasteiger partial charge in [-0.3, -0.25) is 0 Å². The first-order valence-corrected chi connectivity index (χ1v) is 8.64. The summed E-state index contributed by atoms with van der Waals surface area (Å²) in [5.74, 6) is 0. The zero-order valence-electron chi connectivity index (χ0n) is 12.2. The zero-order chi connectivity index (χ0) is 13.9. The van der Waals surface area contributed by atoms with Gasteiger partial charge in [-0.2, -0.15) is 11.3 Å².